The Morgan fingerprint density at radius 2 is 2.00 bits per heavy atom. The molecule has 0 bridgehead atoms. The number of hydrogen-bond donors (Lipinski definition) is 3. The lowest BCUT2D eigenvalue weighted by molar-refractivity contribution is -0.129. The topological polar surface area (TPSA) is 107 Å². The first-order valence-corrected chi connectivity index (χ1v) is 10.5. The van der Waals surface area contributed by atoms with Gasteiger partial charge < -0.3 is 9.88 Å². The van der Waals surface area contributed by atoms with Crippen LogP contribution < -0.4 is 9.44 Å². The molecule has 1 aliphatic rings. The molecule has 3 aromatic rings. The van der Waals surface area contributed by atoms with E-state index in [9.17, 15) is 13.2 Å². The number of benzene rings is 1. The molecule has 9 heteroatoms. The number of pyridine rings is 1. The highest BCUT2D eigenvalue weighted by Gasteiger charge is 2.32. The predicted octanol–water partition coefficient (Wildman–Crippen LogP) is 0.749. The first kappa shape index (κ1) is 19.1. The highest BCUT2D eigenvalue weighted by atomic mass is 32.2. The summed E-state index contributed by atoms with van der Waals surface area (Å²) in [4.78, 5) is 20.7. The standard InChI is InChI=1S/C20H19N5O3S/c26-19(7-6-15-4-2-1-3-5-15)25-13-17(14-25)24-29(27,28)23-12-16-8-10-21-20-18(16)9-11-22-20/h1-5,8-11,17,23-24H,12-14H2,(H,21,22). The fourth-order valence-electron chi connectivity index (χ4n) is 3.05. The smallest absolute Gasteiger partial charge is 0.298 e. The zero-order valence-electron chi connectivity index (χ0n) is 15.4. The van der Waals surface area contributed by atoms with Gasteiger partial charge in [-0.25, -0.2) is 4.98 Å². The van der Waals surface area contributed by atoms with Crippen molar-refractivity contribution in [2.45, 2.75) is 12.6 Å². The van der Waals surface area contributed by atoms with Crippen LogP contribution in [0.3, 0.4) is 0 Å². The molecule has 3 N–H and O–H groups in total. The summed E-state index contributed by atoms with van der Waals surface area (Å²) in [6.45, 7) is 0.727. The highest BCUT2D eigenvalue weighted by molar-refractivity contribution is 7.87. The Labute approximate surface area is 168 Å². The van der Waals surface area contributed by atoms with Crippen molar-refractivity contribution in [3.05, 3.63) is 66.0 Å². The van der Waals surface area contributed by atoms with Crippen LogP contribution in [0, 0.1) is 11.8 Å². The van der Waals surface area contributed by atoms with Crippen LogP contribution in [0.25, 0.3) is 11.0 Å². The molecule has 0 spiro atoms. The largest absolute Gasteiger partial charge is 0.346 e. The zero-order valence-corrected chi connectivity index (χ0v) is 16.2. The second-order valence-corrected chi connectivity index (χ2v) is 8.21. The van der Waals surface area contributed by atoms with E-state index in [1.807, 2.05) is 36.4 Å². The van der Waals surface area contributed by atoms with Gasteiger partial charge in [-0.2, -0.15) is 17.9 Å². The maximum absolute atomic E-state index is 12.3. The van der Waals surface area contributed by atoms with Crippen molar-refractivity contribution in [1.82, 2.24) is 24.3 Å². The van der Waals surface area contributed by atoms with Crippen molar-refractivity contribution in [3.8, 4) is 11.8 Å². The molecule has 1 saturated heterocycles. The molecule has 29 heavy (non-hydrogen) atoms. The summed E-state index contributed by atoms with van der Waals surface area (Å²) in [6, 6.07) is 12.5. The molecular weight excluding hydrogens is 390 g/mol. The van der Waals surface area contributed by atoms with Gasteiger partial charge in [0.15, 0.2) is 0 Å². The molecule has 1 fully saturated rings. The molecule has 8 nitrogen and oxygen atoms in total. The van der Waals surface area contributed by atoms with Crippen LogP contribution >= 0.6 is 0 Å². The van der Waals surface area contributed by atoms with Crippen molar-refractivity contribution < 1.29 is 13.2 Å². The van der Waals surface area contributed by atoms with E-state index in [2.05, 4.69) is 31.3 Å². The summed E-state index contributed by atoms with van der Waals surface area (Å²) >= 11 is 0. The quantitative estimate of drug-likeness (QED) is 0.541. The molecule has 0 radical (unpaired) electrons. The van der Waals surface area contributed by atoms with Crippen molar-refractivity contribution in [3.63, 3.8) is 0 Å². The molecule has 1 amide bonds. The minimum atomic E-state index is -3.70. The molecule has 1 aromatic carbocycles. The molecule has 3 heterocycles. The van der Waals surface area contributed by atoms with Gasteiger partial charge in [0.05, 0.1) is 6.04 Å². The van der Waals surface area contributed by atoms with Gasteiger partial charge in [-0.1, -0.05) is 24.1 Å². The lowest BCUT2D eigenvalue weighted by Crippen LogP contribution is -2.62. The third-order valence-electron chi connectivity index (χ3n) is 4.58. The molecule has 0 atom stereocenters. The zero-order chi connectivity index (χ0) is 20.3. The summed E-state index contributed by atoms with van der Waals surface area (Å²) < 4.78 is 29.7. The van der Waals surface area contributed by atoms with Gasteiger partial charge in [0, 0.05) is 48.9 Å². The van der Waals surface area contributed by atoms with Gasteiger partial charge in [-0.3, -0.25) is 4.79 Å². The fourth-order valence-corrected chi connectivity index (χ4v) is 4.07. The number of aromatic amines is 1. The van der Waals surface area contributed by atoms with Crippen molar-refractivity contribution >= 4 is 27.1 Å². The van der Waals surface area contributed by atoms with Gasteiger partial charge in [0.2, 0.25) is 0 Å². The SMILES string of the molecule is O=C(C#Cc1ccccc1)N1CC(NS(=O)(=O)NCc2ccnc3[nH]ccc23)C1. The Kier molecular flexibility index (Phi) is 5.31. The molecule has 1 aliphatic heterocycles. The molecular formula is C20H19N5O3S. The van der Waals surface area contributed by atoms with Crippen LogP contribution in [0.2, 0.25) is 0 Å². The molecule has 148 valence electrons. The summed E-state index contributed by atoms with van der Waals surface area (Å²) in [5.74, 6) is 5.07. The first-order valence-electron chi connectivity index (χ1n) is 9.04. The monoisotopic (exact) mass is 409 g/mol. The second-order valence-electron chi connectivity index (χ2n) is 6.68. The molecule has 0 unspecified atom stereocenters. The van der Waals surface area contributed by atoms with Gasteiger partial charge in [0.1, 0.15) is 5.65 Å². The number of aromatic nitrogens is 2. The minimum absolute atomic E-state index is 0.143. The Morgan fingerprint density at radius 3 is 2.79 bits per heavy atom. The average molecular weight is 409 g/mol. The van der Waals surface area contributed by atoms with Crippen LogP contribution in [-0.2, 0) is 21.5 Å². The third kappa shape index (κ3) is 4.63. The van der Waals surface area contributed by atoms with Crippen LogP contribution in [0.15, 0.2) is 54.9 Å². The van der Waals surface area contributed by atoms with Gasteiger partial charge in [0.25, 0.3) is 16.1 Å². The number of likely N-dealkylation sites (tertiary alicyclic amines) is 1. The number of nitrogens with zero attached hydrogens (tertiary/aromatic N) is 2. The average Bonchev–Trinajstić information content (AvgIpc) is 3.17. The number of hydrogen-bond acceptors (Lipinski definition) is 4. The Balaban J connectivity index is 1.27. The highest BCUT2D eigenvalue weighted by Crippen LogP contribution is 2.15. The Morgan fingerprint density at radius 1 is 1.21 bits per heavy atom. The normalized spacial score (nSPS) is 14.3. The summed E-state index contributed by atoms with van der Waals surface area (Å²) in [7, 11) is -3.70. The maximum Gasteiger partial charge on any atom is 0.298 e. The first-order chi connectivity index (χ1) is 14.0. The molecule has 4 rings (SSSR count). The van der Waals surface area contributed by atoms with E-state index in [1.54, 1.807) is 18.5 Å². The van der Waals surface area contributed by atoms with E-state index in [0.717, 1.165) is 16.5 Å². The number of fused-ring (bicyclic) bond motifs is 1. The number of H-pyrrole nitrogens is 1. The number of rotatable bonds is 5. The van der Waals surface area contributed by atoms with Crippen molar-refractivity contribution in [1.29, 1.82) is 0 Å². The predicted molar refractivity (Wildman–Crippen MR) is 109 cm³/mol. The number of nitrogens with one attached hydrogen (secondary N) is 3. The van der Waals surface area contributed by atoms with E-state index >= 15 is 0 Å². The van der Waals surface area contributed by atoms with E-state index in [4.69, 9.17) is 0 Å². The van der Waals surface area contributed by atoms with Crippen LogP contribution in [-0.4, -0.2) is 48.3 Å². The van der Waals surface area contributed by atoms with Crippen molar-refractivity contribution in [2.75, 3.05) is 13.1 Å². The molecule has 0 aliphatic carbocycles. The third-order valence-corrected chi connectivity index (χ3v) is 5.75. The number of carbonyl (C=O) groups excluding carboxylic acids is 1. The number of carbonyl (C=O) groups is 1. The Hall–Kier alpha value is -3.19. The van der Waals surface area contributed by atoms with Crippen LogP contribution in [0.5, 0.6) is 0 Å². The van der Waals surface area contributed by atoms with Crippen LogP contribution in [0.1, 0.15) is 11.1 Å². The molecule has 2 aromatic heterocycles. The van der Waals surface area contributed by atoms with E-state index < -0.39 is 10.2 Å². The van der Waals surface area contributed by atoms with E-state index in [1.165, 1.54) is 4.90 Å². The maximum atomic E-state index is 12.3. The van der Waals surface area contributed by atoms with E-state index in [0.29, 0.717) is 18.7 Å². The Bertz CT molecular complexity index is 1190. The fraction of sp³-hybridized carbons (Fsp3) is 0.200. The summed E-state index contributed by atoms with van der Waals surface area (Å²) in [6.07, 6.45) is 3.39. The van der Waals surface area contributed by atoms with Gasteiger partial charge >= 0.3 is 0 Å². The van der Waals surface area contributed by atoms with Crippen molar-refractivity contribution in [2.24, 2.45) is 0 Å². The van der Waals surface area contributed by atoms with Gasteiger partial charge in [-0.05, 0) is 29.8 Å². The lowest BCUT2D eigenvalue weighted by Gasteiger charge is -2.37. The van der Waals surface area contributed by atoms with Gasteiger partial charge in [-0.15, -0.1) is 0 Å². The summed E-state index contributed by atoms with van der Waals surface area (Å²) in [5, 5.41) is 0.868. The lowest BCUT2D eigenvalue weighted by atomic mass is 10.1. The van der Waals surface area contributed by atoms with E-state index in [-0.39, 0.29) is 18.5 Å². The minimum Gasteiger partial charge on any atom is -0.346 e. The second kappa shape index (κ2) is 8.05. The number of amides is 1. The molecule has 0 saturated carbocycles. The van der Waals surface area contributed by atoms with Crippen LogP contribution in [0.4, 0.5) is 0 Å². The summed E-state index contributed by atoms with van der Waals surface area (Å²) in [5.41, 5.74) is 2.29.